The van der Waals surface area contributed by atoms with Crippen LogP contribution < -0.4 is 0 Å². The van der Waals surface area contributed by atoms with E-state index < -0.39 is 22.9 Å². The molecule has 1 aliphatic carbocycles. The first kappa shape index (κ1) is 18.2. The Morgan fingerprint density at radius 1 is 1.36 bits per heavy atom. The second kappa shape index (κ2) is 5.70. The number of carbonyl (C=O) groups excluding carboxylic acids is 2. The first-order valence-electron chi connectivity index (χ1n) is 9.00. The predicted octanol–water partition coefficient (Wildman–Crippen LogP) is 3.47. The van der Waals surface area contributed by atoms with Gasteiger partial charge in [-0.1, -0.05) is 25.5 Å². The van der Waals surface area contributed by atoms with E-state index in [9.17, 15) is 9.59 Å². The molecule has 0 spiro atoms. The van der Waals surface area contributed by atoms with Gasteiger partial charge in [0.25, 0.3) is 0 Å². The van der Waals surface area contributed by atoms with Crippen molar-refractivity contribution in [2.24, 2.45) is 5.92 Å². The molecule has 0 aromatic heterocycles. The van der Waals surface area contributed by atoms with Crippen LogP contribution in [-0.2, 0) is 23.8 Å². The number of Topliss-reactive ketones (excluding diaryl/α,β-unsaturated/α-hetero) is 1. The average molecular weight is 348 g/mol. The molecule has 3 heterocycles. The van der Waals surface area contributed by atoms with Gasteiger partial charge in [-0.05, 0) is 39.7 Å². The molecule has 0 amide bonds. The normalized spacial score (nSPS) is 40.4. The van der Waals surface area contributed by atoms with E-state index >= 15 is 0 Å². The van der Waals surface area contributed by atoms with Crippen molar-refractivity contribution in [3.63, 3.8) is 0 Å². The summed E-state index contributed by atoms with van der Waals surface area (Å²) in [5.41, 5.74) is -1.94. The van der Waals surface area contributed by atoms with Crippen LogP contribution in [0.15, 0.2) is 23.5 Å². The van der Waals surface area contributed by atoms with Crippen LogP contribution in [0.5, 0.6) is 0 Å². The highest BCUT2D eigenvalue weighted by Gasteiger charge is 2.79. The highest BCUT2D eigenvalue weighted by molar-refractivity contribution is 5.96. The molecular formula is C20H28O5. The summed E-state index contributed by atoms with van der Waals surface area (Å²) < 4.78 is 18.3. The van der Waals surface area contributed by atoms with Crippen molar-refractivity contribution in [2.45, 2.75) is 83.7 Å². The van der Waals surface area contributed by atoms with E-state index in [1.807, 2.05) is 53.7 Å². The number of carbonyl (C=O) groups is 2. The Morgan fingerprint density at radius 2 is 2.04 bits per heavy atom. The predicted molar refractivity (Wildman–Crippen MR) is 92.8 cm³/mol. The minimum absolute atomic E-state index is 0.0993. The van der Waals surface area contributed by atoms with Gasteiger partial charge in [0.15, 0.2) is 17.5 Å². The number of hydrogen-bond acceptors (Lipinski definition) is 5. The second-order valence-electron chi connectivity index (χ2n) is 8.58. The molecule has 1 saturated carbocycles. The van der Waals surface area contributed by atoms with Crippen LogP contribution in [0.3, 0.4) is 0 Å². The van der Waals surface area contributed by atoms with Gasteiger partial charge in [-0.25, -0.2) is 0 Å². The Hall–Kier alpha value is -1.62. The number of hydrogen-bond donors (Lipinski definition) is 0. The van der Waals surface area contributed by atoms with Crippen LogP contribution in [0.2, 0.25) is 0 Å². The van der Waals surface area contributed by atoms with Crippen LogP contribution in [0, 0.1) is 5.92 Å². The molecule has 4 aliphatic rings. The molecule has 138 valence electrons. The van der Waals surface area contributed by atoms with Crippen molar-refractivity contribution in [3.05, 3.63) is 23.5 Å². The van der Waals surface area contributed by atoms with Gasteiger partial charge in [-0.15, -0.1) is 0 Å². The summed E-state index contributed by atoms with van der Waals surface area (Å²) in [7, 11) is 0. The molecule has 5 heteroatoms. The zero-order chi connectivity index (χ0) is 18.6. The van der Waals surface area contributed by atoms with Crippen LogP contribution in [-0.4, -0.2) is 34.7 Å². The largest absolute Gasteiger partial charge is 0.487 e. The molecule has 0 radical (unpaired) electrons. The van der Waals surface area contributed by atoms with E-state index in [0.29, 0.717) is 12.2 Å². The summed E-state index contributed by atoms with van der Waals surface area (Å²) in [6.45, 7) is 11.6. The smallest absolute Gasteiger partial charge is 0.307 e. The van der Waals surface area contributed by atoms with Crippen molar-refractivity contribution in [1.82, 2.24) is 0 Å². The zero-order valence-corrected chi connectivity index (χ0v) is 16.0. The minimum atomic E-state index is -1.38. The van der Waals surface area contributed by atoms with E-state index in [1.165, 1.54) is 0 Å². The minimum Gasteiger partial charge on any atom is -0.487 e. The molecular weight excluding hydrogens is 320 g/mol. The quantitative estimate of drug-likeness (QED) is 0.728. The second-order valence-corrected chi connectivity index (χ2v) is 8.58. The van der Waals surface area contributed by atoms with Gasteiger partial charge in [0.2, 0.25) is 5.60 Å². The third-order valence-corrected chi connectivity index (χ3v) is 5.34. The molecule has 0 unspecified atom stereocenters. The Bertz CT molecular complexity index is 672. The Labute approximate surface area is 149 Å². The summed E-state index contributed by atoms with van der Waals surface area (Å²) in [6, 6.07) is 0. The van der Waals surface area contributed by atoms with Crippen LogP contribution in [0.1, 0.15) is 60.8 Å². The lowest BCUT2D eigenvalue weighted by molar-refractivity contribution is -0.273. The maximum atomic E-state index is 13.1. The molecule has 4 fully saturated rings. The van der Waals surface area contributed by atoms with Gasteiger partial charge in [0.1, 0.15) is 5.76 Å². The Balaban J connectivity index is 2.05. The molecule has 5 nitrogen and oxygen atoms in total. The fraction of sp³-hybridized carbons (Fsp3) is 0.700. The summed E-state index contributed by atoms with van der Waals surface area (Å²) in [5.74, 6) is 0.246. The maximum absolute atomic E-state index is 13.1. The van der Waals surface area contributed by atoms with E-state index in [1.54, 1.807) is 0 Å². The lowest BCUT2D eigenvalue weighted by Crippen LogP contribution is -2.75. The molecule has 25 heavy (non-hydrogen) atoms. The Morgan fingerprint density at radius 3 is 2.64 bits per heavy atom. The van der Waals surface area contributed by atoms with Crippen molar-refractivity contribution < 1.29 is 23.8 Å². The summed E-state index contributed by atoms with van der Waals surface area (Å²) in [4.78, 5) is 25.5. The van der Waals surface area contributed by atoms with E-state index in [-0.39, 0.29) is 30.5 Å². The fourth-order valence-corrected chi connectivity index (χ4v) is 4.32. The number of fused-ring (bicyclic) bond motifs is 1. The first-order chi connectivity index (χ1) is 11.5. The van der Waals surface area contributed by atoms with Gasteiger partial charge >= 0.3 is 5.97 Å². The summed E-state index contributed by atoms with van der Waals surface area (Å²) in [6.07, 6.45) is 4.31. The summed E-state index contributed by atoms with van der Waals surface area (Å²) >= 11 is 0. The molecule has 0 aromatic rings. The number of ketones is 1. The molecule has 0 N–H and O–H groups in total. The third kappa shape index (κ3) is 2.64. The number of ether oxygens (including phenoxy) is 3. The molecule has 3 aliphatic heterocycles. The lowest BCUT2D eigenvalue weighted by Gasteiger charge is -2.56. The highest BCUT2D eigenvalue weighted by Crippen LogP contribution is 2.61. The van der Waals surface area contributed by atoms with Gasteiger partial charge < -0.3 is 14.2 Å². The van der Waals surface area contributed by atoms with Crippen LogP contribution in [0.25, 0.3) is 0 Å². The van der Waals surface area contributed by atoms with Gasteiger partial charge in [0, 0.05) is 19.3 Å². The van der Waals surface area contributed by atoms with Gasteiger partial charge in [-0.2, -0.15) is 0 Å². The van der Waals surface area contributed by atoms with E-state index in [4.69, 9.17) is 14.2 Å². The monoisotopic (exact) mass is 348 g/mol. The first-order valence-corrected chi connectivity index (χ1v) is 9.00. The Kier molecular flexibility index (Phi) is 4.14. The molecule has 0 aromatic carbocycles. The SMILES string of the molecule is CC(C)=C/C=C1\O[C@H]2C[C@]3(C)CC(=O)[C@@]2(OC(=O)CC(C)C)[C@]1(C)O3. The molecule has 3 saturated heterocycles. The highest BCUT2D eigenvalue weighted by atomic mass is 16.7. The number of esters is 1. The van der Waals surface area contributed by atoms with Crippen molar-refractivity contribution in [1.29, 1.82) is 0 Å². The topological polar surface area (TPSA) is 61.8 Å². The van der Waals surface area contributed by atoms with Crippen molar-refractivity contribution in [3.8, 4) is 0 Å². The molecule has 4 bridgehead atoms. The average Bonchev–Trinajstić information content (AvgIpc) is 2.58. The zero-order valence-electron chi connectivity index (χ0n) is 16.0. The molecule has 4 atom stereocenters. The van der Waals surface area contributed by atoms with Gasteiger partial charge in [0.05, 0.1) is 5.60 Å². The van der Waals surface area contributed by atoms with E-state index in [0.717, 1.165) is 5.57 Å². The van der Waals surface area contributed by atoms with Crippen molar-refractivity contribution >= 4 is 11.8 Å². The fourth-order valence-electron chi connectivity index (χ4n) is 4.32. The van der Waals surface area contributed by atoms with Crippen molar-refractivity contribution in [2.75, 3.05) is 0 Å². The number of allylic oxidation sites excluding steroid dienone is 3. The van der Waals surface area contributed by atoms with E-state index in [2.05, 4.69) is 0 Å². The standard InChI is InChI=1S/C20H28O5/c1-12(2)7-8-15-19(6)20(24-17(22)9-13(3)4)14(21)10-18(5,25-19)11-16(20)23-15/h7-8,13,16H,9-11H2,1-6H3/b15-8-/t16-,18-,19+,20-/m0/s1. The third-order valence-electron chi connectivity index (χ3n) is 5.34. The van der Waals surface area contributed by atoms with Crippen LogP contribution in [0.4, 0.5) is 0 Å². The van der Waals surface area contributed by atoms with Gasteiger partial charge in [-0.3, -0.25) is 9.59 Å². The lowest BCUT2D eigenvalue weighted by atomic mass is 9.63. The number of rotatable bonds is 4. The summed E-state index contributed by atoms with van der Waals surface area (Å²) in [5, 5.41) is 0. The van der Waals surface area contributed by atoms with Crippen LogP contribution >= 0.6 is 0 Å². The maximum Gasteiger partial charge on any atom is 0.307 e. The molecule has 4 rings (SSSR count).